The Bertz CT molecular complexity index is 1130. The quantitative estimate of drug-likeness (QED) is 0.436. The maximum Gasteiger partial charge on any atom is 0.340 e. The average molecular weight is 523 g/mol. The summed E-state index contributed by atoms with van der Waals surface area (Å²) in [4.78, 5) is 37.4. The molecule has 2 amide bonds. The summed E-state index contributed by atoms with van der Waals surface area (Å²) >= 11 is 9.45. The second-order valence-corrected chi connectivity index (χ2v) is 8.54. The second-order valence-electron chi connectivity index (χ2n) is 6.01. The summed E-state index contributed by atoms with van der Waals surface area (Å²) in [6.07, 6.45) is 1.38. The van der Waals surface area contributed by atoms with Gasteiger partial charge in [0.25, 0.3) is 11.8 Å². The first-order chi connectivity index (χ1) is 14.8. The van der Waals surface area contributed by atoms with Gasteiger partial charge in [0.1, 0.15) is 5.56 Å². The minimum atomic E-state index is -1.25. The molecule has 2 aromatic rings. The Balaban J connectivity index is 1.93. The van der Waals surface area contributed by atoms with E-state index in [1.54, 1.807) is 24.3 Å². The number of carbonyl (C=O) groups excluding carboxylic acids is 2. The lowest BCUT2D eigenvalue weighted by atomic mass is 10.0. The van der Waals surface area contributed by atoms with E-state index in [4.69, 9.17) is 21.7 Å². The van der Waals surface area contributed by atoms with Gasteiger partial charge in [-0.1, -0.05) is 30.0 Å². The Morgan fingerprint density at radius 3 is 2.52 bits per heavy atom. The summed E-state index contributed by atoms with van der Waals surface area (Å²) < 4.78 is 11.0. The topological polar surface area (TPSA) is 105 Å². The standard InChI is InChI=1S/C20H15BrN2O6S2/c1-28-13-8-7-10(15(19(26)27)16(13)29-2)9-14-18(25)23(20(30)31-14)22-17(24)11-5-3-4-6-12(11)21/h3-9H,1-2H3,(H,22,24)(H,26,27)/b14-9+. The van der Waals surface area contributed by atoms with Gasteiger partial charge in [-0.25, -0.2) is 4.79 Å². The third kappa shape index (κ3) is 4.58. The van der Waals surface area contributed by atoms with Crippen LogP contribution in [0.5, 0.6) is 11.5 Å². The smallest absolute Gasteiger partial charge is 0.340 e. The van der Waals surface area contributed by atoms with Crippen LogP contribution in [0, 0.1) is 0 Å². The van der Waals surface area contributed by atoms with Gasteiger partial charge in [0, 0.05) is 4.47 Å². The lowest BCUT2D eigenvalue weighted by Gasteiger charge is -2.16. The van der Waals surface area contributed by atoms with Gasteiger partial charge < -0.3 is 14.6 Å². The number of carbonyl (C=O) groups is 3. The molecule has 1 heterocycles. The average Bonchev–Trinajstić information content (AvgIpc) is 3.00. The van der Waals surface area contributed by atoms with E-state index >= 15 is 0 Å². The van der Waals surface area contributed by atoms with E-state index in [9.17, 15) is 19.5 Å². The van der Waals surface area contributed by atoms with Crippen LogP contribution in [0.2, 0.25) is 0 Å². The van der Waals surface area contributed by atoms with Crippen molar-refractivity contribution >= 4 is 68.1 Å². The minimum absolute atomic E-state index is 0.0291. The number of halogens is 1. The number of ether oxygens (including phenoxy) is 2. The van der Waals surface area contributed by atoms with Gasteiger partial charge in [-0.3, -0.25) is 15.0 Å². The van der Waals surface area contributed by atoms with Crippen molar-refractivity contribution in [1.29, 1.82) is 0 Å². The summed E-state index contributed by atoms with van der Waals surface area (Å²) in [6.45, 7) is 0. The van der Waals surface area contributed by atoms with Gasteiger partial charge in [0.15, 0.2) is 15.8 Å². The Labute approximate surface area is 195 Å². The van der Waals surface area contributed by atoms with Gasteiger partial charge in [-0.15, -0.1) is 0 Å². The Morgan fingerprint density at radius 1 is 1.19 bits per heavy atom. The molecule has 0 atom stereocenters. The molecule has 31 heavy (non-hydrogen) atoms. The number of amides is 2. The van der Waals surface area contributed by atoms with Crippen LogP contribution in [-0.4, -0.2) is 46.4 Å². The Morgan fingerprint density at radius 2 is 1.90 bits per heavy atom. The predicted octanol–water partition coefficient (Wildman–Crippen LogP) is 3.71. The molecule has 1 saturated heterocycles. The molecule has 0 aromatic heterocycles. The van der Waals surface area contributed by atoms with Crippen molar-refractivity contribution in [2.45, 2.75) is 0 Å². The van der Waals surface area contributed by atoms with Gasteiger partial charge in [-0.05, 0) is 58.0 Å². The highest BCUT2D eigenvalue weighted by Gasteiger charge is 2.34. The number of nitrogens with one attached hydrogen (secondary N) is 1. The largest absolute Gasteiger partial charge is 0.493 e. The summed E-state index contributed by atoms with van der Waals surface area (Å²) in [5.41, 5.74) is 2.87. The van der Waals surface area contributed by atoms with E-state index in [1.165, 1.54) is 32.4 Å². The van der Waals surface area contributed by atoms with E-state index in [1.807, 2.05) is 0 Å². The number of carboxylic acids is 1. The molecule has 2 N–H and O–H groups in total. The van der Waals surface area contributed by atoms with Crippen LogP contribution in [-0.2, 0) is 4.79 Å². The fourth-order valence-corrected chi connectivity index (χ4v) is 4.43. The molecule has 3 rings (SSSR count). The predicted molar refractivity (Wildman–Crippen MR) is 123 cm³/mol. The number of benzene rings is 2. The number of rotatable bonds is 6. The number of thiocarbonyl (C=S) groups is 1. The van der Waals surface area contributed by atoms with Crippen molar-refractivity contribution in [3.05, 3.63) is 62.5 Å². The van der Waals surface area contributed by atoms with Gasteiger partial charge in [0.05, 0.1) is 24.7 Å². The summed E-state index contributed by atoms with van der Waals surface area (Å²) in [5.74, 6) is -2.09. The fourth-order valence-electron chi connectivity index (χ4n) is 2.80. The number of aromatic carboxylic acids is 1. The van der Waals surface area contributed by atoms with E-state index < -0.39 is 17.8 Å². The van der Waals surface area contributed by atoms with E-state index in [0.717, 1.165) is 16.8 Å². The number of methoxy groups -OCH3 is 2. The van der Waals surface area contributed by atoms with Gasteiger partial charge in [0.2, 0.25) is 0 Å². The Hall–Kier alpha value is -2.89. The third-order valence-corrected chi connectivity index (χ3v) is 6.20. The number of thioether (sulfide) groups is 1. The molecule has 160 valence electrons. The van der Waals surface area contributed by atoms with Gasteiger partial charge in [-0.2, -0.15) is 5.01 Å². The minimum Gasteiger partial charge on any atom is -0.493 e. The highest BCUT2D eigenvalue weighted by molar-refractivity contribution is 9.10. The zero-order valence-electron chi connectivity index (χ0n) is 16.2. The van der Waals surface area contributed by atoms with Crippen LogP contribution in [0.1, 0.15) is 26.3 Å². The second kappa shape index (κ2) is 9.50. The molecular formula is C20H15BrN2O6S2. The molecule has 1 aliphatic rings. The lowest BCUT2D eigenvalue weighted by molar-refractivity contribution is -0.123. The van der Waals surface area contributed by atoms with E-state index in [2.05, 4.69) is 21.4 Å². The van der Waals surface area contributed by atoms with Crippen molar-refractivity contribution in [3.63, 3.8) is 0 Å². The summed E-state index contributed by atoms with van der Waals surface area (Å²) in [7, 11) is 2.72. The zero-order chi connectivity index (χ0) is 22.7. The maximum absolute atomic E-state index is 12.9. The van der Waals surface area contributed by atoms with Crippen LogP contribution >= 0.6 is 39.9 Å². The van der Waals surface area contributed by atoms with Crippen molar-refractivity contribution in [3.8, 4) is 11.5 Å². The molecule has 1 aliphatic heterocycles. The molecule has 0 saturated carbocycles. The first kappa shape index (κ1) is 22.8. The lowest BCUT2D eigenvalue weighted by Crippen LogP contribution is -2.44. The summed E-state index contributed by atoms with van der Waals surface area (Å²) in [5, 5.41) is 10.6. The monoisotopic (exact) mass is 522 g/mol. The van der Waals surface area contributed by atoms with Crippen LogP contribution in [0.15, 0.2) is 45.8 Å². The summed E-state index contributed by atoms with van der Waals surface area (Å²) in [6, 6.07) is 9.77. The highest BCUT2D eigenvalue weighted by atomic mass is 79.9. The molecule has 0 spiro atoms. The molecule has 1 fully saturated rings. The first-order valence-corrected chi connectivity index (χ1v) is 10.6. The number of carboxylic acid groups (broad SMARTS) is 1. The van der Waals surface area contributed by atoms with Crippen molar-refractivity contribution in [1.82, 2.24) is 10.4 Å². The maximum atomic E-state index is 12.9. The first-order valence-electron chi connectivity index (χ1n) is 8.60. The molecule has 0 radical (unpaired) electrons. The van der Waals surface area contributed by atoms with Crippen LogP contribution in [0.25, 0.3) is 6.08 Å². The van der Waals surface area contributed by atoms with Crippen LogP contribution in [0.4, 0.5) is 0 Å². The van der Waals surface area contributed by atoms with Crippen molar-refractivity contribution in [2.24, 2.45) is 0 Å². The Kier molecular flexibility index (Phi) is 6.98. The SMILES string of the molecule is COc1ccc(/C=C2/SC(=S)N(NC(=O)c3ccccc3Br)C2=O)c(C(=O)O)c1OC. The molecule has 2 aromatic carbocycles. The molecule has 8 nitrogen and oxygen atoms in total. The molecule has 0 unspecified atom stereocenters. The number of hydrogen-bond acceptors (Lipinski definition) is 7. The molecule has 0 bridgehead atoms. The van der Waals surface area contributed by atoms with Crippen molar-refractivity contribution < 1.29 is 29.0 Å². The normalized spacial score (nSPS) is 14.7. The highest BCUT2D eigenvalue weighted by Crippen LogP contribution is 2.37. The third-order valence-electron chi connectivity index (χ3n) is 4.20. The molecule has 0 aliphatic carbocycles. The molecular weight excluding hydrogens is 508 g/mol. The fraction of sp³-hybridized carbons (Fsp3) is 0.100. The number of hydrogen-bond donors (Lipinski definition) is 2. The van der Waals surface area contributed by atoms with E-state index in [-0.39, 0.29) is 31.9 Å². The van der Waals surface area contributed by atoms with Gasteiger partial charge >= 0.3 is 5.97 Å². The van der Waals surface area contributed by atoms with Crippen molar-refractivity contribution in [2.75, 3.05) is 14.2 Å². The molecule has 11 heteroatoms. The number of hydrazine groups is 1. The van der Waals surface area contributed by atoms with Crippen LogP contribution < -0.4 is 14.9 Å². The van der Waals surface area contributed by atoms with E-state index in [0.29, 0.717) is 10.0 Å². The van der Waals surface area contributed by atoms with Crippen LogP contribution in [0.3, 0.4) is 0 Å². The zero-order valence-corrected chi connectivity index (χ0v) is 19.4. The number of nitrogens with zero attached hydrogens (tertiary/aromatic N) is 1.